The van der Waals surface area contributed by atoms with Gasteiger partial charge >= 0.3 is 12.1 Å². The molecule has 0 unspecified atom stereocenters. The van der Waals surface area contributed by atoms with Crippen LogP contribution in [0, 0.1) is 4.91 Å². The summed E-state index contributed by atoms with van der Waals surface area (Å²) in [5.41, 5.74) is -1.46. The highest BCUT2D eigenvalue weighted by molar-refractivity contribution is 5.88. The lowest BCUT2D eigenvalue weighted by molar-refractivity contribution is -0.141. The van der Waals surface area contributed by atoms with E-state index in [1.165, 1.54) is 23.5 Å². The van der Waals surface area contributed by atoms with Crippen molar-refractivity contribution in [3.63, 3.8) is 0 Å². The Morgan fingerprint density at radius 2 is 1.88 bits per heavy atom. The zero-order chi connectivity index (χ0) is 19.0. The number of benzene rings is 1. The van der Waals surface area contributed by atoms with E-state index in [0.717, 1.165) is 6.07 Å². The molecule has 0 atom stereocenters. The molecule has 3 N–H and O–H groups in total. The van der Waals surface area contributed by atoms with Crippen LogP contribution in [-0.4, -0.2) is 26.4 Å². The molecular weight excluding hydrogens is 349 g/mol. The Morgan fingerprint density at radius 1 is 1.24 bits per heavy atom. The van der Waals surface area contributed by atoms with Crippen molar-refractivity contribution in [1.82, 2.24) is 4.98 Å². The van der Waals surface area contributed by atoms with Crippen LogP contribution in [0.3, 0.4) is 0 Å². The molecule has 0 aliphatic rings. The van der Waals surface area contributed by atoms with E-state index in [0.29, 0.717) is 11.6 Å². The maximum atomic E-state index is 12.7. The van der Waals surface area contributed by atoms with E-state index in [1.807, 2.05) is 0 Å². The number of hydrogen-bond donors (Lipinski definition) is 3. The lowest BCUT2D eigenvalue weighted by Gasteiger charge is -2.11. The minimum absolute atomic E-state index is 0.134. The molecule has 0 fully saturated rings. The van der Waals surface area contributed by atoms with Gasteiger partial charge in [0.05, 0.1) is 12.2 Å². The first-order valence-corrected chi connectivity index (χ1v) is 6.38. The summed E-state index contributed by atoms with van der Waals surface area (Å²) in [6.45, 7) is -0.270. The first-order valence-electron chi connectivity index (χ1n) is 6.38. The Kier molecular flexibility index (Phi) is 6.81. The first kappa shape index (κ1) is 19.8. The van der Waals surface area contributed by atoms with Crippen LogP contribution in [0.5, 0.6) is 11.6 Å². The fourth-order valence-corrected chi connectivity index (χ4v) is 1.65. The van der Waals surface area contributed by atoms with E-state index in [-0.39, 0.29) is 12.4 Å². The second kappa shape index (κ2) is 8.59. The van der Waals surface area contributed by atoms with Crippen LogP contribution in [0.1, 0.15) is 21.6 Å². The van der Waals surface area contributed by atoms with E-state index >= 15 is 0 Å². The summed E-state index contributed by atoms with van der Waals surface area (Å²) >= 11 is 0. The summed E-state index contributed by atoms with van der Waals surface area (Å²) in [6, 6.07) is 7.30. The molecule has 0 saturated carbocycles. The van der Waals surface area contributed by atoms with Gasteiger partial charge in [0, 0.05) is 6.07 Å². The molecule has 25 heavy (non-hydrogen) atoms. The lowest BCUT2D eigenvalue weighted by Crippen LogP contribution is -2.11. The molecule has 0 spiro atoms. The maximum Gasteiger partial charge on any atom is 0.433 e. The number of alkyl halides is 3. The highest BCUT2D eigenvalue weighted by Gasteiger charge is 2.34. The molecule has 2 aromatic rings. The van der Waals surface area contributed by atoms with E-state index in [2.05, 4.69) is 4.98 Å². The monoisotopic (exact) mass is 360 g/mol. The number of carboxylic acid groups (broad SMARTS) is 1. The molecule has 8 nitrogen and oxygen atoms in total. The summed E-state index contributed by atoms with van der Waals surface area (Å²) in [7, 11) is 0. The summed E-state index contributed by atoms with van der Waals surface area (Å²) in [6.07, 6.45) is -4.80. The molecule has 11 heteroatoms. The van der Waals surface area contributed by atoms with Gasteiger partial charge < -0.3 is 20.2 Å². The standard InChI is InChI=1S/C14H10F3NO4.HNO2/c15-14(16,17)11-5-9(13(20)21)6-12(18-11)22-10-3-1-2-8(4-10)7-19;2-1-3/h1-6,19H,7H2,(H,20,21);(H,2,3). The summed E-state index contributed by atoms with van der Waals surface area (Å²) in [5, 5.41) is 25.8. The third-order valence-corrected chi connectivity index (χ3v) is 2.64. The largest absolute Gasteiger partial charge is 0.478 e. The number of pyridine rings is 1. The topological polar surface area (TPSA) is 129 Å². The maximum absolute atomic E-state index is 12.7. The quantitative estimate of drug-likeness (QED) is 0.564. The Labute approximate surface area is 138 Å². The van der Waals surface area contributed by atoms with Gasteiger partial charge in [0.25, 0.3) is 0 Å². The second-order valence-electron chi connectivity index (χ2n) is 4.37. The summed E-state index contributed by atoms with van der Waals surface area (Å²) in [5.74, 6) is -1.89. The highest BCUT2D eigenvalue weighted by atomic mass is 19.4. The minimum atomic E-state index is -4.80. The number of aromatic nitrogens is 1. The minimum Gasteiger partial charge on any atom is -0.478 e. The molecule has 0 bridgehead atoms. The van der Waals surface area contributed by atoms with Crippen LogP contribution in [-0.2, 0) is 12.8 Å². The molecular formula is C14H11F3N2O6. The molecule has 1 heterocycles. The van der Waals surface area contributed by atoms with Crippen LogP contribution >= 0.6 is 0 Å². The molecule has 134 valence electrons. The fourth-order valence-electron chi connectivity index (χ4n) is 1.65. The number of hydrogen-bond acceptors (Lipinski definition) is 6. The van der Waals surface area contributed by atoms with Gasteiger partial charge in [0.15, 0.2) is 5.34 Å². The van der Waals surface area contributed by atoms with E-state index < -0.39 is 29.3 Å². The van der Waals surface area contributed by atoms with Crippen molar-refractivity contribution in [2.24, 2.45) is 5.34 Å². The van der Waals surface area contributed by atoms with Gasteiger partial charge in [0.1, 0.15) is 11.4 Å². The van der Waals surface area contributed by atoms with Gasteiger partial charge in [-0.3, -0.25) is 0 Å². The van der Waals surface area contributed by atoms with E-state index in [1.54, 1.807) is 6.07 Å². The third kappa shape index (κ3) is 6.06. The van der Waals surface area contributed by atoms with Crippen LogP contribution in [0.15, 0.2) is 41.7 Å². The van der Waals surface area contributed by atoms with Crippen molar-refractivity contribution in [2.75, 3.05) is 0 Å². The Hall–Kier alpha value is -3.21. The molecule has 1 aromatic heterocycles. The van der Waals surface area contributed by atoms with Crippen molar-refractivity contribution in [2.45, 2.75) is 12.8 Å². The molecule has 0 aliphatic carbocycles. The number of nitrogens with zero attached hydrogens (tertiary/aromatic N) is 2. The second-order valence-corrected chi connectivity index (χ2v) is 4.37. The average molecular weight is 360 g/mol. The normalized spacial score (nSPS) is 10.4. The molecule has 0 aliphatic heterocycles. The lowest BCUT2D eigenvalue weighted by atomic mass is 10.2. The number of carboxylic acids is 1. The van der Waals surface area contributed by atoms with Gasteiger partial charge in [-0.15, -0.1) is 4.91 Å². The summed E-state index contributed by atoms with van der Waals surface area (Å²) in [4.78, 5) is 22.3. The van der Waals surface area contributed by atoms with Gasteiger partial charge in [-0.2, -0.15) is 13.2 Å². The molecule has 0 amide bonds. The molecule has 2 rings (SSSR count). The van der Waals surface area contributed by atoms with Crippen molar-refractivity contribution in [1.29, 1.82) is 0 Å². The van der Waals surface area contributed by atoms with Crippen molar-refractivity contribution in [3.8, 4) is 11.6 Å². The molecule has 0 saturated heterocycles. The number of carbonyl (C=O) groups is 1. The van der Waals surface area contributed by atoms with Crippen LogP contribution < -0.4 is 4.74 Å². The molecule has 1 aromatic carbocycles. The Bertz CT molecular complexity index is 752. The number of ether oxygens (including phenoxy) is 1. The van der Waals surface area contributed by atoms with Crippen LogP contribution in [0.4, 0.5) is 13.2 Å². The average Bonchev–Trinajstić information content (AvgIpc) is 2.54. The molecule has 0 radical (unpaired) electrons. The number of aliphatic hydroxyl groups is 1. The Balaban J connectivity index is 0.000000970. The number of rotatable bonds is 4. The van der Waals surface area contributed by atoms with E-state index in [9.17, 15) is 18.0 Å². The smallest absolute Gasteiger partial charge is 0.433 e. The third-order valence-electron chi connectivity index (χ3n) is 2.64. The number of aliphatic hydroxyl groups excluding tert-OH is 1. The van der Waals surface area contributed by atoms with Gasteiger partial charge in [-0.05, 0) is 23.8 Å². The van der Waals surface area contributed by atoms with Crippen LogP contribution in [0.25, 0.3) is 0 Å². The predicted octanol–water partition coefficient (Wildman–Crippen LogP) is 3.23. The van der Waals surface area contributed by atoms with E-state index in [4.69, 9.17) is 25.1 Å². The van der Waals surface area contributed by atoms with Crippen LogP contribution in [0.2, 0.25) is 0 Å². The SMILES string of the molecule is O=C(O)c1cc(Oc2cccc(CO)c2)nc(C(F)(F)F)c1.O=NO. The number of halogens is 3. The van der Waals surface area contributed by atoms with Crippen molar-refractivity contribution < 1.29 is 38.1 Å². The number of aromatic carboxylic acids is 1. The van der Waals surface area contributed by atoms with Gasteiger partial charge in [-0.1, -0.05) is 12.1 Å². The zero-order valence-corrected chi connectivity index (χ0v) is 12.3. The fraction of sp³-hybridized carbons (Fsp3) is 0.143. The predicted molar refractivity (Wildman–Crippen MR) is 76.2 cm³/mol. The highest BCUT2D eigenvalue weighted by Crippen LogP contribution is 2.31. The van der Waals surface area contributed by atoms with Crippen molar-refractivity contribution in [3.05, 3.63) is 58.1 Å². The van der Waals surface area contributed by atoms with Gasteiger partial charge in [0.2, 0.25) is 5.88 Å². The van der Waals surface area contributed by atoms with Gasteiger partial charge in [-0.25, -0.2) is 9.78 Å². The first-order chi connectivity index (χ1) is 11.7. The zero-order valence-electron chi connectivity index (χ0n) is 12.3. The van der Waals surface area contributed by atoms with Crippen molar-refractivity contribution >= 4 is 5.97 Å². The Morgan fingerprint density at radius 3 is 2.40 bits per heavy atom. The summed E-state index contributed by atoms with van der Waals surface area (Å²) < 4.78 is 43.3.